The minimum absolute atomic E-state index is 0. The standard InChI is InChI=1S/C19H35N5S.HI/c1-5-12-24-13-9-16(10-14-24)22-19(20-7-3)21-11-8-18-23-17(6-2)15(4)25-18;/h16H,5-14H2,1-4H3,(H2,20,21,22);1H. The molecule has 1 fully saturated rings. The smallest absolute Gasteiger partial charge is 0.191 e. The van der Waals surface area contributed by atoms with Crippen molar-refractivity contribution in [2.45, 2.75) is 65.8 Å². The highest BCUT2D eigenvalue weighted by Crippen LogP contribution is 2.18. The summed E-state index contributed by atoms with van der Waals surface area (Å²) in [6.07, 6.45) is 5.60. The molecule has 26 heavy (non-hydrogen) atoms. The van der Waals surface area contributed by atoms with Crippen LogP contribution in [0.2, 0.25) is 0 Å². The first-order chi connectivity index (χ1) is 12.2. The topological polar surface area (TPSA) is 52.5 Å². The van der Waals surface area contributed by atoms with Crippen LogP contribution in [0.1, 0.15) is 55.6 Å². The van der Waals surface area contributed by atoms with Crippen molar-refractivity contribution in [3.8, 4) is 0 Å². The van der Waals surface area contributed by atoms with Gasteiger partial charge in [-0.3, -0.25) is 4.99 Å². The van der Waals surface area contributed by atoms with Gasteiger partial charge in [-0.05, 0) is 46.1 Å². The van der Waals surface area contributed by atoms with Crippen molar-refractivity contribution in [1.29, 1.82) is 0 Å². The minimum Gasteiger partial charge on any atom is -0.357 e. The maximum Gasteiger partial charge on any atom is 0.191 e. The molecule has 2 N–H and O–H groups in total. The number of aromatic nitrogens is 1. The molecular weight excluding hydrogens is 457 g/mol. The third-order valence-electron chi connectivity index (χ3n) is 4.68. The maximum absolute atomic E-state index is 4.77. The van der Waals surface area contributed by atoms with Crippen LogP contribution in [0.5, 0.6) is 0 Å². The second-order valence-corrected chi connectivity index (χ2v) is 8.02. The second-order valence-electron chi connectivity index (χ2n) is 6.73. The Hall–Kier alpha value is -0.410. The van der Waals surface area contributed by atoms with E-state index in [1.807, 2.05) is 11.3 Å². The van der Waals surface area contributed by atoms with Gasteiger partial charge >= 0.3 is 0 Å². The van der Waals surface area contributed by atoms with E-state index in [4.69, 9.17) is 9.98 Å². The van der Waals surface area contributed by atoms with Crippen LogP contribution in [-0.2, 0) is 12.8 Å². The van der Waals surface area contributed by atoms with Gasteiger partial charge in [-0.25, -0.2) is 4.98 Å². The molecule has 1 aliphatic rings. The third kappa shape index (κ3) is 7.68. The molecule has 0 aromatic carbocycles. The summed E-state index contributed by atoms with van der Waals surface area (Å²) in [6, 6.07) is 0.541. The van der Waals surface area contributed by atoms with Gasteiger partial charge in [0.1, 0.15) is 0 Å². The summed E-state index contributed by atoms with van der Waals surface area (Å²) in [5.74, 6) is 0.959. The zero-order valence-electron chi connectivity index (χ0n) is 16.8. The Labute approximate surface area is 180 Å². The molecule has 5 nitrogen and oxygen atoms in total. The lowest BCUT2D eigenvalue weighted by molar-refractivity contribution is 0.206. The lowest BCUT2D eigenvalue weighted by Gasteiger charge is -2.32. The van der Waals surface area contributed by atoms with E-state index in [0.717, 1.165) is 31.9 Å². The number of hydrogen-bond donors (Lipinski definition) is 2. The Kier molecular flexibility index (Phi) is 11.7. The number of rotatable bonds is 8. The Morgan fingerprint density at radius 3 is 2.58 bits per heavy atom. The fraction of sp³-hybridized carbons (Fsp3) is 0.789. The molecular formula is C19H36IN5S. The van der Waals surface area contributed by atoms with Crippen molar-refractivity contribution in [2.75, 3.05) is 32.7 Å². The fourth-order valence-electron chi connectivity index (χ4n) is 3.32. The van der Waals surface area contributed by atoms with Crippen LogP contribution in [0.15, 0.2) is 4.99 Å². The Bertz CT molecular complexity index is 538. The van der Waals surface area contributed by atoms with Crippen molar-refractivity contribution in [3.63, 3.8) is 0 Å². The minimum atomic E-state index is 0. The number of aryl methyl sites for hydroxylation is 2. The van der Waals surface area contributed by atoms with Crippen LogP contribution < -0.4 is 10.6 Å². The van der Waals surface area contributed by atoms with Gasteiger partial charge in [-0.1, -0.05) is 13.8 Å². The van der Waals surface area contributed by atoms with Crippen molar-refractivity contribution in [1.82, 2.24) is 20.5 Å². The van der Waals surface area contributed by atoms with E-state index in [9.17, 15) is 0 Å². The summed E-state index contributed by atoms with van der Waals surface area (Å²) in [7, 11) is 0. The quantitative estimate of drug-likeness (QED) is 0.330. The van der Waals surface area contributed by atoms with E-state index in [1.165, 1.54) is 54.5 Å². The molecule has 0 radical (unpaired) electrons. The first kappa shape index (κ1) is 23.6. The molecule has 0 bridgehead atoms. The predicted octanol–water partition coefficient (Wildman–Crippen LogP) is 3.60. The number of nitrogens with zero attached hydrogens (tertiary/aromatic N) is 3. The molecule has 150 valence electrons. The first-order valence-electron chi connectivity index (χ1n) is 9.88. The number of thiazole rings is 1. The zero-order chi connectivity index (χ0) is 18.1. The molecule has 0 unspecified atom stereocenters. The number of halogens is 1. The van der Waals surface area contributed by atoms with E-state index in [-0.39, 0.29) is 24.0 Å². The molecule has 0 saturated carbocycles. The number of hydrogen-bond acceptors (Lipinski definition) is 4. The SMILES string of the molecule is CCCN1CCC(NC(=NCCc2nc(CC)c(C)s2)NCC)CC1.I. The summed E-state index contributed by atoms with van der Waals surface area (Å²) in [5, 5.41) is 8.23. The number of guanidine groups is 1. The van der Waals surface area contributed by atoms with Crippen molar-refractivity contribution < 1.29 is 0 Å². The van der Waals surface area contributed by atoms with Crippen molar-refractivity contribution in [3.05, 3.63) is 15.6 Å². The van der Waals surface area contributed by atoms with Gasteiger partial charge in [0.15, 0.2) is 5.96 Å². The van der Waals surface area contributed by atoms with Gasteiger partial charge in [0, 0.05) is 43.5 Å². The molecule has 0 atom stereocenters. The summed E-state index contributed by atoms with van der Waals surface area (Å²) in [5.41, 5.74) is 1.24. The monoisotopic (exact) mass is 493 g/mol. The Morgan fingerprint density at radius 1 is 1.27 bits per heavy atom. The molecule has 0 amide bonds. The molecule has 1 aromatic heterocycles. The van der Waals surface area contributed by atoms with Gasteiger partial charge in [0.05, 0.1) is 10.7 Å². The van der Waals surface area contributed by atoms with Crippen molar-refractivity contribution in [2.24, 2.45) is 4.99 Å². The fourth-order valence-corrected chi connectivity index (χ4v) is 4.33. The van der Waals surface area contributed by atoms with Crippen LogP contribution in [-0.4, -0.2) is 54.6 Å². The molecule has 0 spiro atoms. The highest BCUT2D eigenvalue weighted by molar-refractivity contribution is 14.0. The number of nitrogens with one attached hydrogen (secondary N) is 2. The van der Waals surface area contributed by atoms with Gasteiger partial charge < -0.3 is 15.5 Å². The largest absolute Gasteiger partial charge is 0.357 e. The van der Waals surface area contributed by atoms with Crippen LogP contribution >= 0.6 is 35.3 Å². The summed E-state index contributed by atoms with van der Waals surface area (Å²) in [4.78, 5) is 13.4. The molecule has 2 rings (SSSR count). The van der Waals surface area contributed by atoms with Crippen LogP contribution in [0.3, 0.4) is 0 Å². The molecule has 1 aliphatic heterocycles. The Morgan fingerprint density at radius 2 is 2.00 bits per heavy atom. The van der Waals surface area contributed by atoms with E-state index in [1.54, 1.807) is 0 Å². The van der Waals surface area contributed by atoms with Crippen LogP contribution in [0.4, 0.5) is 0 Å². The lowest BCUT2D eigenvalue weighted by atomic mass is 10.1. The van der Waals surface area contributed by atoms with E-state index in [2.05, 4.69) is 43.2 Å². The second kappa shape index (κ2) is 12.9. The highest BCUT2D eigenvalue weighted by atomic mass is 127. The van der Waals surface area contributed by atoms with Gasteiger partial charge in [0.25, 0.3) is 0 Å². The summed E-state index contributed by atoms with van der Waals surface area (Å²) in [6.45, 7) is 14.0. The average molecular weight is 494 g/mol. The van der Waals surface area contributed by atoms with Crippen molar-refractivity contribution >= 4 is 41.3 Å². The number of likely N-dealkylation sites (tertiary alicyclic amines) is 1. The number of piperidine rings is 1. The normalized spacial score (nSPS) is 16.4. The molecule has 2 heterocycles. The molecule has 0 aliphatic carbocycles. The van der Waals surface area contributed by atoms with Gasteiger partial charge in [-0.15, -0.1) is 35.3 Å². The zero-order valence-corrected chi connectivity index (χ0v) is 20.0. The van der Waals surface area contributed by atoms with Gasteiger partial charge in [-0.2, -0.15) is 0 Å². The highest BCUT2D eigenvalue weighted by Gasteiger charge is 2.19. The van der Waals surface area contributed by atoms with Gasteiger partial charge in [0.2, 0.25) is 0 Å². The number of aliphatic imine (C=N–C) groups is 1. The van der Waals surface area contributed by atoms with Crippen LogP contribution in [0.25, 0.3) is 0 Å². The first-order valence-corrected chi connectivity index (χ1v) is 10.7. The average Bonchev–Trinajstić information content (AvgIpc) is 2.97. The third-order valence-corrected chi connectivity index (χ3v) is 5.75. The molecule has 1 aromatic rings. The molecule has 1 saturated heterocycles. The van der Waals surface area contributed by atoms with E-state index >= 15 is 0 Å². The van der Waals surface area contributed by atoms with Crippen LogP contribution in [0, 0.1) is 6.92 Å². The summed E-state index contributed by atoms with van der Waals surface area (Å²) >= 11 is 1.82. The maximum atomic E-state index is 4.77. The lowest BCUT2D eigenvalue weighted by Crippen LogP contribution is -2.48. The predicted molar refractivity (Wildman–Crippen MR) is 124 cm³/mol. The van der Waals surface area contributed by atoms with E-state index < -0.39 is 0 Å². The van der Waals surface area contributed by atoms with E-state index in [0.29, 0.717) is 6.04 Å². The summed E-state index contributed by atoms with van der Waals surface area (Å²) < 4.78 is 0. The molecule has 7 heteroatoms. The Balaban J connectivity index is 0.00000338.